The monoisotopic (exact) mass is 530 g/mol. The van der Waals surface area contributed by atoms with Crippen molar-refractivity contribution < 1.29 is 9.59 Å². The molecule has 4 fully saturated rings. The van der Waals surface area contributed by atoms with Crippen molar-refractivity contribution >= 4 is 39.4 Å². The number of pyridine rings is 1. The Morgan fingerprint density at radius 1 is 0.875 bits per heavy atom. The molecule has 0 spiro atoms. The second kappa shape index (κ2) is 8.84. The molecule has 4 aliphatic rings. The number of carbonyl (C=O) groups excluding carboxylic acids is 2. The zero-order chi connectivity index (χ0) is 26.8. The number of benzene rings is 2. The number of amides is 1. The van der Waals surface area contributed by atoms with Gasteiger partial charge >= 0.3 is 0 Å². The number of ketones is 1. The standard InChI is InChI=1S/C32H30N6O2/c39-26(12-28-34-17-27(36-28)32-13-18-8-19(14-32)10-20(9-18)15-32)23-6-3-7-24-29(23)37-31(35-24)38-30(40)25-11-21-4-1-2-5-22(21)16-33-25/h1-7,11,16-20H,8-10,12-15H2,(H,34,36)(H2,35,37,38,40). The van der Waals surface area contributed by atoms with Crippen LogP contribution in [-0.4, -0.2) is 36.6 Å². The van der Waals surface area contributed by atoms with Gasteiger partial charge in [-0.15, -0.1) is 0 Å². The number of para-hydroxylation sites is 1. The first kappa shape index (κ1) is 23.5. The Labute approximate surface area is 231 Å². The Hall–Kier alpha value is -4.33. The average molecular weight is 531 g/mol. The van der Waals surface area contributed by atoms with Gasteiger partial charge in [0.05, 0.1) is 11.9 Å². The van der Waals surface area contributed by atoms with Gasteiger partial charge in [-0.3, -0.25) is 19.9 Å². The van der Waals surface area contributed by atoms with Gasteiger partial charge in [0.25, 0.3) is 5.91 Å². The Kier molecular flexibility index (Phi) is 5.21. The molecule has 0 unspecified atom stereocenters. The third-order valence-electron chi connectivity index (χ3n) is 9.47. The molecule has 0 atom stereocenters. The SMILES string of the molecule is O=C(Nc1nc2c(C(=O)Cc3ncc(C45CC6CC(CC(C6)C4)C5)[nH]3)cccc2[nH]1)c1cc2ccccc2cn1. The molecule has 3 heterocycles. The van der Waals surface area contributed by atoms with E-state index in [1.165, 1.54) is 44.2 Å². The van der Waals surface area contributed by atoms with E-state index in [-0.39, 0.29) is 29.5 Å². The zero-order valence-corrected chi connectivity index (χ0v) is 22.1. The number of Topliss-reactive ketones (excluding diaryl/α,β-unsaturated/α-hetero) is 1. The van der Waals surface area contributed by atoms with Crippen molar-refractivity contribution in [3.8, 4) is 0 Å². The maximum Gasteiger partial charge on any atom is 0.276 e. The highest BCUT2D eigenvalue weighted by atomic mass is 16.2. The molecule has 0 radical (unpaired) electrons. The topological polar surface area (TPSA) is 116 Å². The first-order valence-corrected chi connectivity index (χ1v) is 14.2. The number of nitrogens with zero attached hydrogens (tertiary/aromatic N) is 3. The van der Waals surface area contributed by atoms with E-state index in [4.69, 9.17) is 0 Å². The second-order valence-corrected chi connectivity index (χ2v) is 12.2. The smallest absolute Gasteiger partial charge is 0.276 e. The summed E-state index contributed by atoms with van der Waals surface area (Å²) in [6.45, 7) is 0. The zero-order valence-electron chi connectivity index (χ0n) is 22.1. The number of carbonyl (C=O) groups is 2. The molecule has 4 saturated carbocycles. The average Bonchev–Trinajstić information content (AvgIpc) is 3.59. The molecule has 4 bridgehead atoms. The Balaban J connectivity index is 1.01. The molecular formula is C32H30N6O2. The Bertz CT molecular complexity index is 1760. The van der Waals surface area contributed by atoms with Crippen molar-refractivity contribution in [3.05, 3.63) is 83.7 Å². The minimum absolute atomic E-state index is 0.0578. The summed E-state index contributed by atoms with van der Waals surface area (Å²) in [6.07, 6.45) is 11.8. The number of imidazole rings is 2. The summed E-state index contributed by atoms with van der Waals surface area (Å²) in [6, 6.07) is 15.0. The number of rotatable bonds is 6. The number of aromatic amines is 2. The first-order valence-electron chi connectivity index (χ1n) is 14.2. The molecule has 5 aromatic rings. The van der Waals surface area contributed by atoms with Gasteiger partial charge in [-0.25, -0.2) is 9.97 Å². The van der Waals surface area contributed by atoms with E-state index in [0.29, 0.717) is 28.1 Å². The number of aromatic nitrogens is 5. The van der Waals surface area contributed by atoms with Crippen LogP contribution in [0.4, 0.5) is 5.95 Å². The van der Waals surface area contributed by atoms with Crippen molar-refractivity contribution in [2.45, 2.75) is 50.4 Å². The van der Waals surface area contributed by atoms with Crippen LogP contribution in [-0.2, 0) is 11.8 Å². The van der Waals surface area contributed by atoms with Crippen molar-refractivity contribution in [1.29, 1.82) is 0 Å². The van der Waals surface area contributed by atoms with E-state index < -0.39 is 0 Å². The quantitative estimate of drug-likeness (QED) is 0.234. The predicted molar refractivity (Wildman–Crippen MR) is 152 cm³/mol. The van der Waals surface area contributed by atoms with Crippen molar-refractivity contribution in [3.63, 3.8) is 0 Å². The summed E-state index contributed by atoms with van der Waals surface area (Å²) in [7, 11) is 0. The summed E-state index contributed by atoms with van der Waals surface area (Å²) in [5, 5.41) is 4.70. The molecule has 4 aliphatic carbocycles. The lowest BCUT2D eigenvalue weighted by atomic mass is 9.49. The van der Waals surface area contributed by atoms with Gasteiger partial charge < -0.3 is 9.97 Å². The van der Waals surface area contributed by atoms with E-state index in [1.807, 2.05) is 42.6 Å². The van der Waals surface area contributed by atoms with Gasteiger partial charge in [0.15, 0.2) is 5.78 Å². The molecule has 200 valence electrons. The van der Waals surface area contributed by atoms with E-state index in [9.17, 15) is 9.59 Å². The predicted octanol–water partition coefficient (Wildman–Crippen LogP) is 5.98. The van der Waals surface area contributed by atoms with Crippen LogP contribution in [0.25, 0.3) is 21.8 Å². The number of hydrogen-bond acceptors (Lipinski definition) is 5. The molecular weight excluding hydrogens is 500 g/mol. The molecule has 40 heavy (non-hydrogen) atoms. The molecule has 3 N–H and O–H groups in total. The number of anilines is 1. The lowest BCUT2D eigenvalue weighted by Gasteiger charge is -2.56. The van der Waals surface area contributed by atoms with E-state index in [0.717, 1.165) is 28.5 Å². The van der Waals surface area contributed by atoms with Crippen LogP contribution >= 0.6 is 0 Å². The van der Waals surface area contributed by atoms with Crippen LogP contribution in [0.15, 0.2) is 60.9 Å². The lowest BCUT2D eigenvalue weighted by molar-refractivity contribution is -0.00706. The van der Waals surface area contributed by atoms with Gasteiger partial charge in [-0.2, -0.15) is 0 Å². The highest BCUT2D eigenvalue weighted by Gasteiger charge is 2.52. The minimum Gasteiger partial charge on any atom is -0.345 e. The Morgan fingerprint density at radius 2 is 1.62 bits per heavy atom. The summed E-state index contributed by atoms with van der Waals surface area (Å²) >= 11 is 0. The molecule has 9 rings (SSSR count). The summed E-state index contributed by atoms with van der Waals surface area (Å²) < 4.78 is 0. The summed E-state index contributed by atoms with van der Waals surface area (Å²) in [5.41, 5.74) is 3.45. The van der Waals surface area contributed by atoms with Gasteiger partial charge in [-0.1, -0.05) is 30.3 Å². The van der Waals surface area contributed by atoms with Crippen LogP contribution in [0.3, 0.4) is 0 Å². The summed E-state index contributed by atoms with van der Waals surface area (Å²) in [4.78, 5) is 46.6. The maximum atomic E-state index is 13.5. The summed E-state index contributed by atoms with van der Waals surface area (Å²) in [5.74, 6) is 3.11. The molecule has 0 saturated heterocycles. The molecule has 3 aromatic heterocycles. The third kappa shape index (κ3) is 3.93. The van der Waals surface area contributed by atoms with E-state index in [2.05, 4.69) is 30.2 Å². The van der Waals surface area contributed by atoms with Crippen molar-refractivity contribution in [2.24, 2.45) is 17.8 Å². The van der Waals surface area contributed by atoms with Crippen molar-refractivity contribution in [2.75, 3.05) is 5.32 Å². The van der Waals surface area contributed by atoms with Gasteiger partial charge in [0, 0.05) is 34.5 Å². The highest BCUT2D eigenvalue weighted by Crippen LogP contribution is 2.60. The van der Waals surface area contributed by atoms with E-state index >= 15 is 0 Å². The maximum absolute atomic E-state index is 13.5. The van der Waals surface area contributed by atoms with Crippen molar-refractivity contribution in [1.82, 2.24) is 24.9 Å². The van der Waals surface area contributed by atoms with Gasteiger partial charge in [-0.05, 0) is 79.9 Å². The molecule has 8 nitrogen and oxygen atoms in total. The first-order chi connectivity index (χ1) is 19.5. The number of nitrogens with one attached hydrogen (secondary N) is 3. The highest BCUT2D eigenvalue weighted by molar-refractivity contribution is 6.08. The lowest BCUT2D eigenvalue weighted by Crippen LogP contribution is -2.48. The van der Waals surface area contributed by atoms with Crippen LogP contribution in [0.1, 0.15) is 70.9 Å². The van der Waals surface area contributed by atoms with Crippen LogP contribution in [0.5, 0.6) is 0 Å². The van der Waals surface area contributed by atoms with E-state index in [1.54, 1.807) is 18.3 Å². The van der Waals surface area contributed by atoms with Crippen LogP contribution in [0.2, 0.25) is 0 Å². The fourth-order valence-corrected chi connectivity index (χ4v) is 8.11. The minimum atomic E-state index is -0.370. The van der Waals surface area contributed by atoms with Crippen LogP contribution < -0.4 is 5.32 Å². The fourth-order valence-electron chi connectivity index (χ4n) is 8.11. The third-order valence-corrected chi connectivity index (χ3v) is 9.47. The second-order valence-electron chi connectivity index (χ2n) is 12.2. The molecule has 0 aliphatic heterocycles. The van der Waals surface area contributed by atoms with Gasteiger partial charge in [0.1, 0.15) is 17.0 Å². The largest absolute Gasteiger partial charge is 0.345 e. The Morgan fingerprint density at radius 3 is 2.40 bits per heavy atom. The number of H-pyrrole nitrogens is 2. The van der Waals surface area contributed by atoms with Crippen LogP contribution in [0, 0.1) is 17.8 Å². The normalized spacial score (nSPS) is 25.1. The number of fused-ring (bicyclic) bond motifs is 2. The number of hydrogen-bond donors (Lipinski definition) is 3. The molecule has 8 heteroatoms. The molecule has 2 aromatic carbocycles. The fraction of sp³-hybridized carbons (Fsp3) is 0.344. The van der Waals surface area contributed by atoms with Gasteiger partial charge in [0.2, 0.25) is 5.95 Å². The molecule has 1 amide bonds.